The second-order valence-corrected chi connectivity index (χ2v) is 10.4. The number of para-hydroxylation sites is 2. The zero-order valence-electron chi connectivity index (χ0n) is 23.0. The molecule has 7 nitrogen and oxygen atoms in total. The molecule has 8 heteroatoms. The van der Waals surface area contributed by atoms with Gasteiger partial charge in [0.25, 0.3) is 5.91 Å². The lowest BCUT2D eigenvalue weighted by Crippen LogP contribution is -2.31. The number of allylic oxidation sites excluding steroid dienone is 2. The van der Waals surface area contributed by atoms with Crippen LogP contribution in [0.25, 0.3) is 0 Å². The monoisotopic (exact) mass is 552 g/mol. The summed E-state index contributed by atoms with van der Waals surface area (Å²) in [4.78, 5) is 26.6. The van der Waals surface area contributed by atoms with Crippen LogP contribution >= 0.6 is 11.8 Å². The van der Waals surface area contributed by atoms with Crippen LogP contribution in [0.3, 0.4) is 0 Å². The topological polar surface area (TPSA) is 103 Å². The number of rotatable bonds is 9. The lowest BCUT2D eigenvalue weighted by atomic mass is 9.81. The van der Waals surface area contributed by atoms with Crippen LogP contribution in [0.5, 0.6) is 5.75 Å². The number of aryl methyl sites for hydroxylation is 2. The standard InChI is InChI=1S/C32H32N4O3S/c1-5-39-27-14-10-9-13-24(27)30-25(18-33)32(40-19-28(37)36-26-17-20(2)15-16-21(26)3)34-22(4)29(30)31(38)35-23-11-7-6-8-12-23/h6-17,30,34H,5,19H2,1-4H3,(H,35,38)(H,36,37). The number of benzene rings is 3. The molecule has 1 atom stereocenters. The third kappa shape index (κ3) is 6.56. The van der Waals surface area contributed by atoms with E-state index in [1.807, 2.05) is 93.6 Å². The number of carbonyl (C=O) groups excluding carboxylic acids is 2. The number of nitrogens with one attached hydrogen (secondary N) is 3. The molecule has 1 unspecified atom stereocenters. The van der Waals surface area contributed by atoms with E-state index in [2.05, 4.69) is 22.0 Å². The van der Waals surface area contributed by atoms with Crippen LogP contribution in [0.15, 0.2) is 94.7 Å². The number of nitrogens with zero attached hydrogens (tertiary/aromatic N) is 1. The van der Waals surface area contributed by atoms with Crippen LogP contribution in [-0.4, -0.2) is 24.2 Å². The molecular formula is C32H32N4O3S. The molecule has 0 saturated heterocycles. The van der Waals surface area contributed by atoms with Crippen LogP contribution in [0.1, 0.15) is 36.5 Å². The molecule has 3 aromatic carbocycles. The second kappa shape index (κ2) is 13.0. The fraction of sp³-hybridized carbons (Fsp3) is 0.219. The molecule has 40 heavy (non-hydrogen) atoms. The van der Waals surface area contributed by atoms with Gasteiger partial charge in [0.1, 0.15) is 5.75 Å². The molecular weight excluding hydrogens is 520 g/mol. The van der Waals surface area contributed by atoms with Gasteiger partial charge in [0, 0.05) is 28.2 Å². The number of amides is 2. The normalized spacial score (nSPS) is 14.7. The molecule has 3 N–H and O–H groups in total. The fourth-order valence-electron chi connectivity index (χ4n) is 4.56. The van der Waals surface area contributed by atoms with Crippen molar-refractivity contribution in [3.05, 3.63) is 111 Å². The largest absolute Gasteiger partial charge is 0.494 e. The van der Waals surface area contributed by atoms with Crippen LogP contribution in [0.4, 0.5) is 11.4 Å². The predicted molar refractivity (Wildman–Crippen MR) is 161 cm³/mol. The van der Waals surface area contributed by atoms with E-state index in [0.717, 1.165) is 16.8 Å². The zero-order valence-corrected chi connectivity index (χ0v) is 23.8. The minimum absolute atomic E-state index is 0.0829. The molecule has 204 valence electrons. The van der Waals surface area contributed by atoms with Gasteiger partial charge < -0.3 is 20.7 Å². The van der Waals surface area contributed by atoms with Gasteiger partial charge >= 0.3 is 0 Å². The molecule has 1 aliphatic heterocycles. The van der Waals surface area contributed by atoms with Crippen molar-refractivity contribution < 1.29 is 14.3 Å². The maximum atomic E-state index is 13.7. The predicted octanol–water partition coefficient (Wildman–Crippen LogP) is 6.41. The van der Waals surface area contributed by atoms with Crippen molar-refractivity contribution in [3.63, 3.8) is 0 Å². The molecule has 0 bridgehead atoms. The summed E-state index contributed by atoms with van der Waals surface area (Å²) in [7, 11) is 0. The minimum Gasteiger partial charge on any atom is -0.494 e. The zero-order chi connectivity index (χ0) is 28.6. The SMILES string of the molecule is CCOc1ccccc1C1C(C#N)=C(SCC(=O)Nc2cc(C)ccc2C)NC(C)=C1C(=O)Nc1ccccc1. The highest BCUT2D eigenvalue weighted by Crippen LogP contribution is 2.44. The lowest BCUT2D eigenvalue weighted by Gasteiger charge is -2.30. The molecule has 3 aromatic rings. The number of anilines is 2. The van der Waals surface area contributed by atoms with Crippen molar-refractivity contribution in [3.8, 4) is 11.8 Å². The van der Waals surface area contributed by atoms with E-state index in [4.69, 9.17) is 4.74 Å². The van der Waals surface area contributed by atoms with Gasteiger partial charge in [-0.25, -0.2) is 0 Å². The molecule has 0 spiro atoms. The van der Waals surface area contributed by atoms with Gasteiger partial charge in [-0.1, -0.05) is 60.3 Å². The quantitative estimate of drug-likeness (QED) is 0.284. The number of dihydropyridines is 1. The second-order valence-electron chi connectivity index (χ2n) is 9.40. The van der Waals surface area contributed by atoms with Crippen molar-refractivity contribution in [1.29, 1.82) is 5.26 Å². The highest BCUT2D eigenvalue weighted by atomic mass is 32.2. The molecule has 0 fully saturated rings. The molecule has 0 radical (unpaired) electrons. The summed E-state index contributed by atoms with van der Waals surface area (Å²) in [5.74, 6) is -0.524. The van der Waals surface area contributed by atoms with Gasteiger partial charge in [-0.15, -0.1) is 0 Å². The Labute approximate surface area is 239 Å². The minimum atomic E-state index is -0.692. The first kappa shape index (κ1) is 28.5. The number of ether oxygens (including phenoxy) is 1. The summed E-state index contributed by atoms with van der Waals surface area (Å²) in [6.07, 6.45) is 0. The Morgan fingerprint density at radius 1 is 1.00 bits per heavy atom. The number of carbonyl (C=O) groups is 2. The van der Waals surface area contributed by atoms with Crippen LogP contribution in [-0.2, 0) is 9.59 Å². The Morgan fingerprint density at radius 3 is 2.45 bits per heavy atom. The van der Waals surface area contributed by atoms with Gasteiger partial charge in [0.2, 0.25) is 5.91 Å². The lowest BCUT2D eigenvalue weighted by molar-refractivity contribution is -0.114. The van der Waals surface area contributed by atoms with Crippen molar-refractivity contribution in [1.82, 2.24) is 5.32 Å². The van der Waals surface area contributed by atoms with Crippen molar-refractivity contribution in [2.45, 2.75) is 33.6 Å². The smallest absolute Gasteiger partial charge is 0.254 e. The first-order chi connectivity index (χ1) is 19.3. The van der Waals surface area contributed by atoms with E-state index in [1.165, 1.54) is 11.8 Å². The third-order valence-corrected chi connectivity index (χ3v) is 7.49. The Morgan fingerprint density at radius 2 is 1.73 bits per heavy atom. The summed E-state index contributed by atoms with van der Waals surface area (Å²) in [5.41, 5.74) is 5.50. The summed E-state index contributed by atoms with van der Waals surface area (Å²) in [5, 5.41) is 20.1. The van der Waals surface area contributed by atoms with Gasteiger partial charge in [-0.2, -0.15) is 5.26 Å². The Kier molecular flexibility index (Phi) is 9.31. The Hall–Kier alpha value is -4.48. The first-order valence-corrected chi connectivity index (χ1v) is 14.0. The summed E-state index contributed by atoms with van der Waals surface area (Å²) < 4.78 is 5.91. The van der Waals surface area contributed by atoms with E-state index >= 15 is 0 Å². The number of hydrogen-bond donors (Lipinski definition) is 3. The van der Waals surface area contributed by atoms with E-state index in [0.29, 0.717) is 45.5 Å². The maximum absolute atomic E-state index is 13.7. The van der Waals surface area contributed by atoms with E-state index < -0.39 is 5.92 Å². The molecule has 1 aliphatic rings. The van der Waals surface area contributed by atoms with Crippen molar-refractivity contribution >= 4 is 35.0 Å². The summed E-state index contributed by atoms with van der Waals surface area (Å²) >= 11 is 1.23. The van der Waals surface area contributed by atoms with E-state index in [-0.39, 0.29) is 17.6 Å². The fourth-order valence-corrected chi connectivity index (χ4v) is 5.45. The molecule has 0 aromatic heterocycles. The summed E-state index contributed by atoms with van der Waals surface area (Å²) in [6, 6.07) is 24.8. The van der Waals surface area contributed by atoms with Crippen LogP contribution in [0.2, 0.25) is 0 Å². The first-order valence-electron chi connectivity index (χ1n) is 13.0. The van der Waals surface area contributed by atoms with Crippen LogP contribution in [0, 0.1) is 25.2 Å². The van der Waals surface area contributed by atoms with Crippen molar-refractivity contribution in [2.75, 3.05) is 23.0 Å². The molecule has 4 rings (SSSR count). The van der Waals surface area contributed by atoms with Gasteiger partial charge in [-0.05, 0) is 63.1 Å². The Balaban J connectivity index is 1.68. The average molecular weight is 553 g/mol. The molecule has 2 amide bonds. The molecule has 1 heterocycles. The van der Waals surface area contributed by atoms with Crippen molar-refractivity contribution in [2.24, 2.45) is 0 Å². The van der Waals surface area contributed by atoms with E-state index in [9.17, 15) is 14.9 Å². The Bertz CT molecular complexity index is 1520. The number of thioether (sulfide) groups is 1. The third-order valence-electron chi connectivity index (χ3n) is 6.47. The van der Waals surface area contributed by atoms with Gasteiger partial charge in [0.05, 0.1) is 34.9 Å². The van der Waals surface area contributed by atoms with E-state index in [1.54, 1.807) is 6.92 Å². The number of hydrogen-bond acceptors (Lipinski definition) is 6. The van der Waals surface area contributed by atoms with Crippen LogP contribution < -0.4 is 20.7 Å². The highest BCUT2D eigenvalue weighted by molar-refractivity contribution is 8.03. The molecule has 0 saturated carbocycles. The summed E-state index contributed by atoms with van der Waals surface area (Å²) in [6.45, 7) is 8.04. The van der Waals surface area contributed by atoms with Gasteiger partial charge in [0.15, 0.2) is 0 Å². The highest BCUT2D eigenvalue weighted by Gasteiger charge is 2.36. The maximum Gasteiger partial charge on any atom is 0.254 e. The number of nitriles is 1. The molecule has 0 aliphatic carbocycles. The average Bonchev–Trinajstić information content (AvgIpc) is 2.94. The van der Waals surface area contributed by atoms with Gasteiger partial charge in [-0.3, -0.25) is 9.59 Å².